The first-order valence-electron chi connectivity index (χ1n) is 6.31. The topological polar surface area (TPSA) is 45.2 Å². The summed E-state index contributed by atoms with van der Waals surface area (Å²) in [6.07, 6.45) is 0. The maximum Gasteiger partial charge on any atom is 0.236 e. The van der Waals surface area contributed by atoms with E-state index in [1.807, 2.05) is 19.5 Å². The molecular weight excluding hydrogens is 341 g/mol. The Kier molecular flexibility index (Phi) is 5.87. The van der Waals surface area contributed by atoms with Crippen molar-refractivity contribution >= 4 is 50.7 Å². The molecule has 0 saturated heterocycles. The Hall–Kier alpha value is -1.51. The highest BCUT2D eigenvalue weighted by Crippen LogP contribution is 2.25. The number of nitrogens with one attached hydrogen (secondary N) is 1. The molecule has 0 unspecified atom stereocenters. The number of rotatable bonds is 4. The lowest BCUT2D eigenvalue weighted by molar-refractivity contribution is -0.113. The minimum atomic E-state index is -0.290. The van der Waals surface area contributed by atoms with Crippen LogP contribution in [0.15, 0.2) is 29.6 Å². The van der Waals surface area contributed by atoms with Gasteiger partial charge in [-0.2, -0.15) is 0 Å². The van der Waals surface area contributed by atoms with E-state index in [0.29, 0.717) is 15.1 Å². The van der Waals surface area contributed by atoms with Crippen LogP contribution in [0.1, 0.15) is 0 Å². The van der Waals surface area contributed by atoms with Gasteiger partial charge in [0.1, 0.15) is 10.1 Å². The normalized spacial score (nSPS) is 10.3. The van der Waals surface area contributed by atoms with Gasteiger partial charge in [0, 0.05) is 25.0 Å². The minimum Gasteiger partial charge on any atom is -0.364 e. The zero-order chi connectivity index (χ0) is 16.1. The first-order chi connectivity index (χ1) is 10.5. The molecule has 0 spiro atoms. The van der Waals surface area contributed by atoms with Crippen LogP contribution in [0.25, 0.3) is 11.3 Å². The molecule has 0 aliphatic heterocycles. The number of aromatic nitrogens is 1. The molecule has 1 aromatic heterocycles. The third kappa shape index (κ3) is 4.75. The molecule has 0 saturated carbocycles. The molecule has 22 heavy (non-hydrogen) atoms. The molecule has 2 aromatic rings. The van der Waals surface area contributed by atoms with E-state index in [1.165, 1.54) is 35.2 Å². The van der Waals surface area contributed by atoms with Crippen LogP contribution < -0.4 is 5.32 Å². The Morgan fingerprint density at radius 1 is 1.41 bits per heavy atom. The highest BCUT2D eigenvalue weighted by Gasteiger charge is 2.10. The molecular formula is C14H14FN3OS3. The molecule has 116 valence electrons. The van der Waals surface area contributed by atoms with Crippen LogP contribution in [0, 0.1) is 5.82 Å². The summed E-state index contributed by atoms with van der Waals surface area (Å²) >= 11 is 7.73. The van der Waals surface area contributed by atoms with Gasteiger partial charge in [0.25, 0.3) is 0 Å². The Bertz CT molecular complexity index is 670. The third-order valence-corrected chi connectivity index (χ3v) is 5.08. The lowest BCUT2D eigenvalue weighted by Crippen LogP contribution is -2.20. The molecule has 0 aliphatic rings. The maximum absolute atomic E-state index is 12.9. The Labute approximate surface area is 141 Å². The van der Waals surface area contributed by atoms with Gasteiger partial charge in [-0.1, -0.05) is 24.0 Å². The van der Waals surface area contributed by atoms with Crippen molar-refractivity contribution in [1.82, 2.24) is 9.88 Å². The zero-order valence-corrected chi connectivity index (χ0v) is 14.4. The smallest absolute Gasteiger partial charge is 0.236 e. The van der Waals surface area contributed by atoms with Crippen LogP contribution in [-0.2, 0) is 4.79 Å². The molecule has 8 heteroatoms. The predicted molar refractivity (Wildman–Crippen MR) is 94.9 cm³/mol. The summed E-state index contributed by atoms with van der Waals surface area (Å²) in [4.78, 5) is 17.9. The SMILES string of the molecule is CN(C)C(=S)SCC(=O)Nc1nc(-c2ccc(F)cc2)cs1. The van der Waals surface area contributed by atoms with Gasteiger partial charge in [-0.15, -0.1) is 11.3 Å². The van der Waals surface area contributed by atoms with E-state index in [9.17, 15) is 9.18 Å². The molecule has 1 aromatic carbocycles. The summed E-state index contributed by atoms with van der Waals surface area (Å²) in [5, 5.41) is 5.07. The van der Waals surface area contributed by atoms with E-state index in [2.05, 4.69) is 10.3 Å². The number of carbonyl (C=O) groups excluding carboxylic acids is 1. The number of halogens is 1. The van der Waals surface area contributed by atoms with Crippen molar-refractivity contribution in [2.24, 2.45) is 0 Å². The average Bonchev–Trinajstić information content (AvgIpc) is 2.93. The molecule has 4 nitrogen and oxygen atoms in total. The summed E-state index contributed by atoms with van der Waals surface area (Å²) in [5.74, 6) is -0.210. The summed E-state index contributed by atoms with van der Waals surface area (Å²) in [6, 6.07) is 6.07. The van der Waals surface area contributed by atoms with E-state index < -0.39 is 0 Å². The number of benzene rings is 1. The molecule has 0 aliphatic carbocycles. The minimum absolute atomic E-state index is 0.158. The van der Waals surface area contributed by atoms with Gasteiger partial charge in [0.2, 0.25) is 5.91 Å². The zero-order valence-electron chi connectivity index (χ0n) is 12.0. The lowest BCUT2D eigenvalue weighted by Gasteiger charge is -2.11. The summed E-state index contributed by atoms with van der Waals surface area (Å²) in [6.45, 7) is 0. The molecule has 1 amide bonds. The number of thiazole rings is 1. The summed E-state index contributed by atoms with van der Waals surface area (Å²) in [7, 11) is 3.67. The highest BCUT2D eigenvalue weighted by atomic mass is 32.2. The molecule has 1 heterocycles. The van der Waals surface area contributed by atoms with Crippen molar-refractivity contribution in [3.8, 4) is 11.3 Å². The van der Waals surface area contributed by atoms with Crippen LogP contribution in [0.5, 0.6) is 0 Å². The fraction of sp³-hybridized carbons (Fsp3) is 0.214. The van der Waals surface area contributed by atoms with Crippen molar-refractivity contribution in [2.45, 2.75) is 0 Å². The fourth-order valence-corrected chi connectivity index (χ4v) is 2.99. The Balaban J connectivity index is 1.93. The summed E-state index contributed by atoms with van der Waals surface area (Å²) < 4.78 is 13.5. The molecule has 0 bridgehead atoms. The van der Waals surface area contributed by atoms with Crippen LogP contribution in [-0.4, -0.2) is 40.0 Å². The number of nitrogens with zero attached hydrogens (tertiary/aromatic N) is 2. The molecule has 1 N–H and O–H groups in total. The van der Waals surface area contributed by atoms with Gasteiger partial charge >= 0.3 is 0 Å². The van der Waals surface area contributed by atoms with Gasteiger partial charge in [-0.05, 0) is 24.3 Å². The van der Waals surface area contributed by atoms with Crippen molar-refractivity contribution in [3.05, 3.63) is 35.5 Å². The van der Waals surface area contributed by atoms with E-state index in [0.717, 1.165) is 5.56 Å². The monoisotopic (exact) mass is 355 g/mol. The summed E-state index contributed by atoms with van der Waals surface area (Å²) in [5.41, 5.74) is 1.51. The lowest BCUT2D eigenvalue weighted by atomic mass is 10.2. The maximum atomic E-state index is 12.9. The van der Waals surface area contributed by atoms with Crippen LogP contribution >= 0.6 is 35.3 Å². The van der Waals surface area contributed by atoms with E-state index in [4.69, 9.17) is 12.2 Å². The van der Waals surface area contributed by atoms with Gasteiger partial charge in [0.05, 0.1) is 11.4 Å². The van der Waals surface area contributed by atoms with Crippen molar-refractivity contribution in [1.29, 1.82) is 0 Å². The average molecular weight is 355 g/mol. The highest BCUT2D eigenvalue weighted by molar-refractivity contribution is 8.23. The Morgan fingerprint density at radius 3 is 2.73 bits per heavy atom. The van der Waals surface area contributed by atoms with Gasteiger partial charge in [0.15, 0.2) is 5.13 Å². The second-order valence-corrected chi connectivity index (χ2v) is 7.01. The molecule has 0 radical (unpaired) electrons. The predicted octanol–water partition coefficient (Wildman–Crippen LogP) is 3.47. The number of hydrogen-bond donors (Lipinski definition) is 1. The number of thioether (sulfide) groups is 1. The van der Waals surface area contributed by atoms with Gasteiger partial charge in [-0.25, -0.2) is 9.37 Å². The number of amides is 1. The molecule has 0 atom stereocenters. The van der Waals surface area contributed by atoms with Gasteiger partial charge < -0.3 is 10.2 Å². The van der Waals surface area contributed by atoms with Crippen molar-refractivity contribution < 1.29 is 9.18 Å². The number of hydrogen-bond acceptors (Lipinski definition) is 5. The second kappa shape index (κ2) is 7.66. The fourth-order valence-electron chi connectivity index (χ4n) is 1.50. The number of anilines is 1. The van der Waals surface area contributed by atoms with E-state index in [1.54, 1.807) is 17.0 Å². The van der Waals surface area contributed by atoms with Crippen molar-refractivity contribution in [3.63, 3.8) is 0 Å². The van der Waals surface area contributed by atoms with Gasteiger partial charge in [-0.3, -0.25) is 4.79 Å². The van der Waals surface area contributed by atoms with E-state index >= 15 is 0 Å². The number of carbonyl (C=O) groups is 1. The largest absolute Gasteiger partial charge is 0.364 e. The molecule has 2 rings (SSSR count). The van der Waals surface area contributed by atoms with Crippen LogP contribution in [0.4, 0.5) is 9.52 Å². The second-order valence-electron chi connectivity index (χ2n) is 4.54. The number of thiocarbonyl (C=S) groups is 1. The first-order valence-corrected chi connectivity index (χ1v) is 8.58. The standard InChI is InChI=1S/C14H14FN3OS3/c1-18(2)14(20)22-8-12(19)17-13-16-11(7-21-13)9-3-5-10(15)6-4-9/h3-7H,8H2,1-2H3,(H,16,17,19). The van der Waals surface area contributed by atoms with Crippen molar-refractivity contribution in [2.75, 3.05) is 25.2 Å². The quantitative estimate of drug-likeness (QED) is 0.851. The third-order valence-electron chi connectivity index (χ3n) is 2.58. The van der Waals surface area contributed by atoms with Crippen LogP contribution in [0.3, 0.4) is 0 Å². The Morgan fingerprint density at radius 2 is 2.09 bits per heavy atom. The molecule has 0 fully saturated rings. The van der Waals surface area contributed by atoms with Crippen LogP contribution in [0.2, 0.25) is 0 Å². The first kappa shape index (κ1) is 16.9. The van der Waals surface area contributed by atoms with E-state index in [-0.39, 0.29) is 17.5 Å².